The number of hydrogen-bond acceptors (Lipinski definition) is 2. The van der Waals surface area contributed by atoms with E-state index in [1.165, 1.54) is 0 Å². The number of hydrogen-bond donors (Lipinski definition) is 0. The Balaban J connectivity index is 2.34. The van der Waals surface area contributed by atoms with E-state index in [2.05, 4.69) is 6.58 Å². The fourth-order valence-electron chi connectivity index (χ4n) is 2.19. The zero-order valence-electron chi connectivity index (χ0n) is 9.75. The summed E-state index contributed by atoms with van der Waals surface area (Å²) in [5.74, 6) is 0. The highest BCUT2D eigenvalue weighted by Crippen LogP contribution is 2.25. The smallest absolute Gasteiger partial charge is 0.207 e. The van der Waals surface area contributed by atoms with Crippen molar-refractivity contribution in [1.82, 2.24) is 4.31 Å². The highest BCUT2D eigenvalue weighted by atomic mass is 32.2. The summed E-state index contributed by atoms with van der Waals surface area (Å²) in [6, 6.07) is 8.54. The second kappa shape index (κ2) is 5.02. The minimum Gasteiger partial charge on any atom is -0.207 e. The molecule has 2 rings (SSSR count). The zero-order valence-corrected chi connectivity index (χ0v) is 10.6. The van der Waals surface area contributed by atoms with Crippen LogP contribution in [0.25, 0.3) is 0 Å². The normalized spacial score (nSPS) is 22.2. The van der Waals surface area contributed by atoms with Gasteiger partial charge in [0.05, 0.1) is 4.90 Å². The molecule has 0 radical (unpaired) electrons. The molecule has 1 heterocycles. The number of sulfonamides is 1. The Morgan fingerprint density at radius 3 is 2.59 bits per heavy atom. The molecule has 1 saturated heterocycles. The molecule has 0 aromatic heterocycles. The lowest BCUT2D eigenvalue weighted by atomic mass is 10.1. The molecule has 1 aromatic carbocycles. The van der Waals surface area contributed by atoms with Gasteiger partial charge in [-0.3, -0.25) is 0 Å². The number of piperidine rings is 1. The summed E-state index contributed by atoms with van der Waals surface area (Å²) in [6.07, 6.45) is 4.60. The Labute approximate surface area is 103 Å². The molecule has 0 aliphatic carbocycles. The van der Waals surface area contributed by atoms with E-state index in [1.54, 1.807) is 34.6 Å². The highest BCUT2D eigenvalue weighted by molar-refractivity contribution is 7.89. The minimum absolute atomic E-state index is 0.0612. The third-order valence-corrected chi connectivity index (χ3v) is 5.06. The fourth-order valence-corrected chi connectivity index (χ4v) is 3.88. The Morgan fingerprint density at radius 1 is 1.24 bits per heavy atom. The summed E-state index contributed by atoms with van der Waals surface area (Å²) in [7, 11) is -3.36. The van der Waals surface area contributed by atoms with Crippen LogP contribution in [0, 0.1) is 0 Å². The molecule has 0 N–H and O–H groups in total. The van der Waals surface area contributed by atoms with Crippen LogP contribution >= 0.6 is 0 Å². The van der Waals surface area contributed by atoms with Crippen molar-refractivity contribution in [2.24, 2.45) is 0 Å². The summed E-state index contributed by atoms with van der Waals surface area (Å²) in [6.45, 7) is 4.33. The molecule has 4 heteroatoms. The zero-order chi connectivity index (χ0) is 12.3. The maximum Gasteiger partial charge on any atom is 0.243 e. The van der Waals surface area contributed by atoms with Gasteiger partial charge in [-0.1, -0.05) is 30.7 Å². The number of rotatable bonds is 3. The van der Waals surface area contributed by atoms with Gasteiger partial charge in [0.15, 0.2) is 0 Å². The topological polar surface area (TPSA) is 37.4 Å². The number of nitrogens with zero attached hydrogens (tertiary/aromatic N) is 1. The molecule has 92 valence electrons. The maximum atomic E-state index is 12.4. The van der Waals surface area contributed by atoms with Crippen LogP contribution in [0.2, 0.25) is 0 Å². The summed E-state index contributed by atoms with van der Waals surface area (Å²) in [5, 5.41) is 0. The quantitative estimate of drug-likeness (QED) is 0.774. The van der Waals surface area contributed by atoms with E-state index < -0.39 is 10.0 Å². The molecule has 3 nitrogen and oxygen atoms in total. The molecular weight excluding hydrogens is 234 g/mol. The lowest BCUT2D eigenvalue weighted by molar-refractivity contribution is 0.292. The molecule has 1 aliphatic heterocycles. The first-order chi connectivity index (χ1) is 8.16. The van der Waals surface area contributed by atoms with E-state index in [0.29, 0.717) is 11.4 Å². The predicted molar refractivity (Wildman–Crippen MR) is 68.2 cm³/mol. The van der Waals surface area contributed by atoms with Crippen molar-refractivity contribution in [2.75, 3.05) is 6.54 Å². The summed E-state index contributed by atoms with van der Waals surface area (Å²) >= 11 is 0. The van der Waals surface area contributed by atoms with Gasteiger partial charge in [-0.05, 0) is 25.0 Å². The Morgan fingerprint density at radius 2 is 1.94 bits per heavy atom. The summed E-state index contributed by atoms with van der Waals surface area (Å²) in [5.41, 5.74) is 0. The largest absolute Gasteiger partial charge is 0.243 e. The van der Waals surface area contributed by atoms with Gasteiger partial charge in [0, 0.05) is 12.6 Å². The molecule has 1 atom stereocenters. The molecule has 1 fully saturated rings. The van der Waals surface area contributed by atoms with Gasteiger partial charge in [-0.25, -0.2) is 8.42 Å². The third kappa shape index (κ3) is 2.42. The van der Waals surface area contributed by atoms with E-state index >= 15 is 0 Å². The molecule has 1 aliphatic rings. The molecule has 0 unspecified atom stereocenters. The highest BCUT2D eigenvalue weighted by Gasteiger charge is 2.31. The van der Waals surface area contributed by atoms with E-state index in [1.807, 2.05) is 6.07 Å². The third-order valence-electron chi connectivity index (χ3n) is 3.12. The standard InChI is InChI=1S/C13H17NO2S/c1-2-12-8-6-7-11-14(12)17(15,16)13-9-4-3-5-10-13/h2-5,9-10,12H,1,6-8,11H2/t12-/m0/s1. The number of benzene rings is 1. The molecule has 17 heavy (non-hydrogen) atoms. The van der Waals surface area contributed by atoms with Crippen LogP contribution in [-0.2, 0) is 10.0 Å². The molecule has 0 spiro atoms. The fraction of sp³-hybridized carbons (Fsp3) is 0.385. The van der Waals surface area contributed by atoms with Gasteiger partial charge in [0.2, 0.25) is 10.0 Å². The van der Waals surface area contributed by atoms with Crippen LogP contribution in [0.15, 0.2) is 47.9 Å². The van der Waals surface area contributed by atoms with E-state index in [9.17, 15) is 8.42 Å². The van der Waals surface area contributed by atoms with Crippen molar-refractivity contribution < 1.29 is 8.42 Å². The predicted octanol–water partition coefficient (Wildman–Crippen LogP) is 2.42. The van der Waals surface area contributed by atoms with Crippen molar-refractivity contribution in [2.45, 2.75) is 30.2 Å². The van der Waals surface area contributed by atoms with Gasteiger partial charge in [-0.2, -0.15) is 4.31 Å². The van der Waals surface area contributed by atoms with Crippen molar-refractivity contribution in [3.8, 4) is 0 Å². The van der Waals surface area contributed by atoms with Crippen LogP contribution in [0.3, 0.4) is 0 Å². The minimum atomic E-state index is -3.36. The summed E-state index contributed by atoms with van der Waals surface area (Å²) in [4.78, 5) is 0.369. The second-order valence-corrected chi connectivity index (χ2v) is 6.12. The van der Waals surface area contributed by atoms with Gasteiger partial charge in [-0.15, -0.1) is 6.58 Å². The SMILES string of the molecule is C=C[C@H]1CCCCN1S(=O)(=O)c1ccccc1. The van der Waals surface area contributed by atoms with Crippen molar-refractivity contribution in [3.05, 3.63) is 43.0 Å². The Bertz CT molecular complexity index is 481. The molecule has 0 saturated carbocycles. The first-order valence-electron chi connectivity index (χ1n) is 5.85. The van der Waals surface area contributed by atoms with E-state index in [4.69, 9.17) is 0 Å². The van der Waals surface area contributed by atoms with E-state index in [-0.39, 0.29) is 6.04 Å². The molecular formula is C13H17NO2S. The van der Waals surface area contributed by atoms with Crippen molar-refractivity contribution in [3.63, 3.8) is 0 Å². The molecule has 0 bridgehead atoms. The van der Waals surface area contributed by atoms with Gasteiger partial charge < -0.3 is 0 Å². The van der Waals surface area contributed by atoms with Crippen molar-refractivity contribution in [1.29, 1.82) is 0 Å². The Hall–Kier alpha value is -1.13. The average Bonchev–Trinajstić information content (AvgIpc) is 2.39. The second-order valence-electron chi connectivity index (χ2n) is 4.23. The van der Waals surface area contributed by atoms with Gasteiger partial charge in [0.1, 0.15) is 0 Å². The van der Waals surface area contributed by atoms with Crippen molar-refractivity contribution >= 4 is 10.0 Å². The van der Waals surface area contributed by atoms with Crippen LogP contribution < -0.4 is 0 Å². The van der Waals surface area contributed by atoms with Crippen LogP contribution in [-0.4, -0.2) is 25.3 Å². The van der Waals surface area contributed by atoms with Crippen LogP contribution in [0.4, 0.5) is 0 Å². The van der Waals surface area contributed by atoms with Crippen LogP contribution in [0.5, 0.6) is 0 Å². The lowest BCUT2D eigenvalue weighted by Gasteiger charge is -2.32. The van der Waals surface area contributed by atoms with Crippen LogP contribution in [0.1, 0.15) is 19.3 Å². The van der Waals surface area contributed by atoms with Gasteiger partial charge in [0.25, 0.3) is 0 Å². The maximum absolute atomic E-state index is 12.4. The Kier molecular flexibility index (Phi) is 3.64. The first kappa shape index (κ1) is 12.3. The lowest BCUT2D eigenvalue weighted by Crippen LogP contribution is -2.42. The van der Waals surface area contributed by atoms with Gasteiger partial charge >= 0.3 is 0 Å². The summed E-state index contributed by atoms with van der Waals surface area (Å²) < 4.78 is 26.4. The average molecular weight is 251 g/mol. The molecule has 0 amide bonds. The first-order valence-corrected chi connectivity index (χ1v) is 7.30. The van der Waals surface area contributed by atoms with E-state index in [0.717, 1.165) is 19.3 Å². The monoisotopic (exact) mass is 251 g/mol. The molecule has 1 aromatic rings.